The minimum absolute atomic E-state index is 0.297. The molecule has 0 aromatic carbocycles. The zero-order valence-electron chi connectivity index (χ0n) is 8.60. The van der Waals surface area contributed by atoms with Gasteiger partial charge in [-0.2, -0.15) is 4.37 Å². The van der Waals surface area contributed by atoms with Crippen LogP contribution in [0.25, 0.3) is 0 Å². The van der Waals surface area contributed by atoms with E-state index in [9.17, 15) is 5.11 Å². The van der Waals surface area contributed by atoms with Crippen molar-refractivity contribution in [3.05, 3.63) is 6.33 Å². The molecule has 14 heavy (non-hydrogen) atoms. The highest BCUT2D eigenvalue weighted by atomic mass is 32.1. The molecule has 1 rings (SSSR count). The maximum atomic E-state index is 9.80. The van der Waals surface area contributed by atoms with Gasteiger partial charge >= 0.3 is 0 Å². The van der Waals surface area contributed by atoms with E-state index in [1.54, 1.807) is 0 Å². The molecule has 5 heteroatoms. The first kappa shape index (κ1) is 11.4. The first-order valence-electron chi connectivity index (χ1n) is 4.96. The van der Waals surface area contributed by atoms with Crippen LogP contribution in [0.3, 0.4) is 0 Å². The predicted octanol–water partition coefficient (Wildman–Crippen LogP) is 1.75. The Morgan fingerprint density at radius 1 is 1.50 bits per heavy atom. The molecule has 80 valence electrons. The van der Waals surface area contributed by atoms with Crippen molar-refractivity contribution in [1.82, 2.24) is 9.36 Å². The predicted molar refractivity (Wildman–Crippen MR) is 58.5 cm³/mol. The third-order valence-corrected chi connectivity index (χ3v) is 3.04. The van der Waals surface area contributed by atoms with E-state index >= 15 is 0 Å². The molecule has 1 aromatic heterocycles. The van der Waals surface area contributed by atoms with Gasteiger partial charge in [0.25, 0.3) is 0 Å². The Hall–Kier alpha value is -0.680. The quantitative estimate of drug-likeness (QED) is 0.759. The number of aliphatic hydroxyl groups excluding tert-OH is 1. The molecule has 0 fully saturated rings. The van der Waals surface area contributed by atoms with Crippen molar-refractivity contribution in [1.29, 1.82) is 0 Å². The molecule has 0 aliphatic heterocycles. The maximum absolute atomic E-state index is 9.80. The van der Waals surface area contributed by atoms with Crippen LogP contribution >= 0.6 is 11.5 Å². The van der Waals surface area contributed by atoms with Crippen LogP contribution in [0.2, 0.25) is 0 Å². The van der Waals surface area contributed by atoms with E-state index < -0.39 is 0 Å². The lowest BCUT2D eigenvalue weighted by molar-refractivity contribution is 0.114. The lowest BCUT2D eigenvalue weighted by Gasteiger charge is -2.19. The van der Waals surface area contributed by atoms with Crippen molar-refractivity contribution in [3.63, 3.8) is 0 Å². The Bertz CT molecular complexity index is 236. The molecule has 1 atom stereocenters. The number of nitrogens with zero attached hydrogens (tertiary/aromatic N) is 2. The van der Waals surface area contributed by atoms with Crippen LogP contribution in [0.1, 0.15) is 26.7 Å². The molecule has 4 nitrogen and oxygen atoms in total. The number of hydrogen-bond donors (Lipinski definition) is 2. The third kappa shape index (κ3) is 3.23. The molecule has 0 spiro atoms. The SMILES string of the molecule is CCC(CC)C(O)CNc1ncns1. The van der Waals surface area contributed by atoms with E-state index in [2.05, 4.69) is 28.5 Å². The molecule has 0 amide bonds. The Morgan fingerprint density at radius 2 is 2.21 bits per heavy atom. The van der Waals surface area contributed by atoms with E-state index in [4.69, 9.17) is 0 Å². The second-order valence-electron chi connectivity index (χ2n) is 3.27. The largest absolute Gasteiger partial charge is 0.391 e. The number of anilines is 1. The average Bonchev–Trinajstić information content (AvgIpc) is 2.69. The van der Waals surface area contributed by atoms with Crippen LogP contribution in [0.15, 0.2) is 6.33 Å². The van der Waals surface area contributed by atoms with Gasteiger partial charge < -0.3 is 10.4 Å². The average molecular weight is 215 g/mol. The van der Waals surface area contributed by atoms with Gasteiger partial charge in [-0.05, 0) is 5.92 Å². The second kappa shape index (κ2) is 5.93. The smallest absolute Gasteiger partial charge is 0.202 e. The van der Waals surface area contributed by atoms with Crippen molar-refractivity contribution in [2.24, 2.45) is 5.92 Å². The number of nitrogens with one attached hydrogen (secondary N) is 1. The Labute approximate surface area is 88.6 Å². The normalized spacial score (nSPS) is 13.1. The maximum Gasteiger partial charge on any atom is 0.202 e. The minimum Gasteiger partial charge on any atom is -0.391 e. The minimum atomic E-state index is -0.297. The summed E-state index contributed by atoms with van der Waals surface area (Å²) in [6.07, 6.45) is 3.23. The fraction of sp³-hybridized carbons (Fsp3) is 0.778. The van der Waals surface area contributed by atoms with Gasteiger partial charge in [0, 0.05) is 18.1 Å². The summed E-state index contributed by atoms with van der Waals surface area (Å²) in [7, 11) is 0. The van der Waals surface area contributed by atoms with Gasteiger partial charge in [-0.15, -0.1) is 0 Å². The summed E-state index contributed by atoms with van der Waals surface area (Å²) in [4.78, 5) is 3.98. The number of hydrogen-bond acceptors (Lipinski definition) is 5. The Balaban J connectivity index is 2.30. The molecule has 1 aromatic rings. The summed E-state index contributed by atoms with van der Waals surface area (Å²) in [5, 5.41) is 13.6. The van der Waals surface area contributed by atoms with E-state index in [0.29, 0.717) is 12.5 Å². The van der Waals surface area contributed by atoms with Crippen LogP contribution in [0.5, 0.6) is 0 Å². The van der Waals surface area contributed by atoms with E-state index in [1.165, 1.54) is 17.9 Å². The topological polar surface area (TPSA) is 58.0 Å². The molecule has 0 aliphatic rings. The molecule has 0 radical (unpaired) electrons. The zero-order valence-corrected chi connectivity index (χ0v) is 9.42. The van der Waals surface area contributed by atoms with Crippen LogP contribution in [-0.4, -0.2) is 27.1 Å². The number of aromatic nitrogens is 2. The van der Waals surface area contributed by atoms with Crippen LogP contribution in [0, 0.1) is 5.92 Å². The highest BCUT2D eigenvalue weighted by Gasteiger charge is 2.15. The van der Waals surface area contributed by atoms with E-state index in [1.807, 2.05) is 0 Å². The van der Waals surface area contributed by atoms with Crippen molar-refractivity contribution in [3.8, 4) is 0 Å². The van der Waals surface area contributed by atoms with Gasteiger partial charge in [0.1, 0.15) is 6.33 Å². The molecule has 1 heterocycles. The number of aliphatic hydroxyl groups is 1. The summed E-state index contributed by atoms with van der Waals surface area (Å²) in [5.41, 5.74) is 0. The fourth-order valence-corrected chi connectivity index (χ4v) is 1.88. The standard InChI is InChI=1S/C9H17N3OS/c1-3-7(4-2)8(13)5-10-9-11-6-12-14-9/h6-8,13H,3-5H2,1-2H3,(H,10,11,12). The van der Waals surface area contributed by atoms with Gasteiger partial charge in [-0.25, -0.2) is 4.98 Å². The molecule has 0 bridgehead atoms. The molecular formula is C9H17N3OS. The van der Waals surface area contributed by atoms with Gasteiger partial charge in [0.05, 0.1) is 6.10 Å². The second-order valence-corrected chi connectivity index (χ2v) is 4.05. The van der Waals surface area contributed by atoms with Crippen LogP contribution < -0.4 is 5.32 Å². The molecule has 0 saturated heterocycles. The Kier molecular flexibility index (Phi) is 4.82. The van der Waals surface area contributed by atoms with Gasteiger partial charge in [0.2, 0.25) is 5.13 Å². The van der Waals surface area contributed by atoms with Gasteiger partial charge in [-0.1, -0.05) is 26.7 Å². The summed E-state index contributed by atoms with van der Waals surface area (Å²) < 4.78 is 3.87. The molecular weight excluding hydrogens is 198 g/mol. The van der Waals surface area contributed by atoms with Crippen LogP contribution in [0.4, 0.5) is 5.13 Å². The molecule has 1 unspecified atom stereocenters. The van der Waals surface area contributed by atoms with Crippen molar-refractivity contribution in [2.45, 2.75) is 32.8 Å². The Morgan fingerprint density at radius 3 is 2.71 bits per heavy atom. The van der Waals surface area contributed by atoms with E-state index in [-0.39, 0.29) is 6.10 Å². The highest BCUT2D eigenvalue weighted by Crippen LogP contribution is 2.14. The van der Waals surface area contributed by atoms with Crippen molar-refractivity contribution < 1.29 is 5.11 Å². The summed E-state index contributed by atoms with van der Waals surface area (Å²) in [6, 6.07) is 0. The monoisotopic (exact) mass is 215 g/mol. The highest BCUT2D eigenvalue weighted by molar-refractivity contribution is 7.09. The fourth-order valence-electron chi connectivity index (χ4n) is 1.44. The van der Waals surface area contributed by atoms with Crippen LogP contribution in [-0.2, 0) is 0 Å². The van der Waals surface area contributed by atoms with E-state index in [0.717, 1.165) is 18.0 Å². The van der Waals surface area contributed by atoms with Crippen molar-refractivity contribution >= 4 is 16.7 Å². The zero-order chi connectivity index (χ0) is 10.4. The summed E-state index contributed by atoms with van der Waals surface area (Å²) in [5.74, 6) is 0.371. The molecule has 0 aliphatic carbocycles. The van der Waals surface area contributed by atoms with Crippen molar-refractivity contribution in [2.75, 3.05) is 11.9 Å². The lowest BCUT2D eigenvalue weighted by Crippen LogP contribution is -2.27. The summed E-state index contributed by atoms with van der Waals surface area (Å²) in [6.45, 7) is 4.76. The lowest BCUT2D eigenvalue weighted by atomic mass is 9.97. The van der Waals surface area contributed by atoms with Gasteiger partial charge in [0.15, 0.2) is 0 Å². The summed E-state index contributed by atoms with van der Waals surface area (Å²) >= 11 is 1.31. The first-order valence-corrected chi connectivity index (χ1v) is 5.73. The first-order chi connectivity index (χ1) is 6.77. The third-order valence-electron chi connectivity index (χ3n) is 2.42. The molecule has 0 saturated carbocycles. The van der Waals surface area contributed by atoms with Gasteiger partial charge in [-0.3, -0.25) is 0 Å². The number of rotatable bonds is 6. The molecule has 2 N–H and O–H groups in total.